The van der Waals surface area contributed by atoms with Crippen molar-refractivity contribution >= 4 is 10.1 Å². The topological polar surface area (TPSA) is 63.6 Å². The number of fused-ring (bicyclic) bond motifs is 5. The molecule has 9 atom stereocenters. The first-order chi connectivity index (χ1) is 15.4. The molecule has 0 heterocycles. The third-order valence-electron chi connectivity index (χ3n) is 10.8. The summed E-state index contributed by atoms with van der Waals surface area (Å²) in [5, 5.41) is 10.2. The number of hydrogen-bond acceptors (Lipinski definition) is 4. The van der Waals surface area contributed by atoms with E-state index in [1.54, 1.807) is 5.57 Å². The van der Waals surface area contributed by atoms with Crippen molar-refractivity contribution < 1.29 is 17.7 Å². The molecule has 0 amide bonds. The van der Waals surface area contributed by atoms with Crippen LogP contribution in [0.15, 0.2) is 11.6 Å². The van der Waals surface area contributed by atoms with Crippen molar-refractivity contribution in [2.75, 3.05) is 12.9 Å². The molecule has 0 aromatic carbocycles. The first-order valence-electron chi connectivity index (χ1n) is 13.7. The van der Waals surface area contributed by atoms with Crippen LogP contribution in [0.3, 0.4) is 0 Å². The van der Waals surface area contributed by atoms with Crippen LogP contribution < -0.4 is 0 Å². The lowest BCUT2D eigenvalue weighted by Crippen LogP contribution is -2.50. The number of hydrogen-bond donors (Lipinski definition) is 1. The van der Waals surface area contributed by atoms with Gasteiger partial charge in [-0.2, -0.15) is 8.42 Å². The summed E-state index contributed by atoms with van der Waals surface area (Å²) in [6, 6.07) is 0. The van der Waals surface area contributed by atoms with Gasteiger partial charge in [0.1, 0.15) is 0 Å². The normalized spacial score (nSPS) is 42.6. The maximum absolute atomic E-state index is 11.2. The van der Waals surface area contributed by atoms with E-state index in [0.29, 0.717) is 17.4 Å². The second-order valence-electron chi connectivity index (χ2n) is 12.9. The molecular formula is C28H48O4S. The zero-order valence-electron chi connectivity index (χ0n) is 21.7. The van der Waals surface area contributed by atoms with E-state index in [1.165, 1.54) is 44.9 Å². The van der Waals surface area contributed by atoms with Crippen molar-refractivity contribution in [1.29, 1.82) is 0 Å². The Morgan fingerprint density at radius 2 is 1.85 bits per heavy atom. The maximum atomic E-state index is 11.2. The van der Waals surface area contributed by atoms with Crippen LogP contribution in [0.5, 0.6) is 0 Å². The van der Waals surface area contributed by atoms with Crippen molar-refractivity contribution in [2.45, 2.75) is 104 Å². The molecule has 3 saturated carbocycles. The van der Waals surface area contributed by atoms with Crippen molar-refractivity contribution in [1.82, 2.24) is 0 Å². The molecule has 0 aliphatic heterocycles. The summed E-state index contributed by atoms with van der Waals surface area (Å²) in [7, 11) is -3.34. The average Bonchev–Trinajstić information content (AvgIpc) is 3.09. The highest BCUT2D eigenvalue weighted by Crippen LogP contribution is 2.67. The SMILES string of the molecule is CC(CCCC(C)[C@H]1CCC2C3CC=C4C[C@@H](O)CC[C@]4(C)C3CC[C@@]21C)COS(C)(=O)=O. The third-order valence-corrected chi connectivity index (χ3v) is 11.3. The molecule has 33 heavy (non-hydrogen) atoms. The number of rotatable bonds is 8. The van der Waals surface area contributed by atoms with E-state index in [4.69, 9.17) is 4.18 Å². The third kappa shape index (κ3) is 5.11. The molecule has 0 radical (unpaired) electrons. The van der Waals surface area contributed by atoms with Gasteiger partial charge >= 0.3 is 0 Å². The molecule has 4 nitrogen and oxygen atoms in total. The Labute approximate surface area is 203 Å². The molecule has 3 fully saturated rings. The standard InChI is InChI=1S/C28H48O4S/c1-19(18-32-33(5,30)31)7-6-8-20(2)24-11-12-25-23-10-9-21-17-22(29)13-15-27(21,3)26(23)14-16-28(24,25)4/h9,19-20,22-26,29H,6-8,10-18H2,1-5H3/t19?,20?,22-,23?,24+,25?,26?,27-,28+/m0/s1. The lowest BCUT2D eigenvalue weighted by atomic mass is 9.47. The molecule has 0 spiro atoms. The number of allylic oxidation sites excluding steroid dienone is 1. The Kier molecular flexibility index (Phi) is 7.46. The molecular weight excluding hydrogens is 432 g/mol. The second kappa shape index (κ2) is 9.58. The maximum Gasteiger partial charge on any atom is 0.264 e. The largest absolute Gasteiger partial charge is 0.393 e. The van der Waals surface area contributed by atoms with Crippen molar-refractivity contribution in [3.05, 3.63) is 11.6 Å². The molecule has 5 unspecified atom stereocenters. The Morgan fingerprint density at radius 1 is 1.09 bits per heavy atom. The van der Waals surface area contributed by atoms with Crippen LogP contribution in [0.1, 0.15) is 98.3 Å². The van der Waals surface area contributed by atoms with Gasteiger partial charge in [0, 0.05) is 0 Å². The van der Waals surface area contributed by atoms with Crippen LogP contribution in [-0.2, 0) is 14.3 Å². The van der Waals surface area contributed by atoms with Gasteiger partial charge in [-0.1, -0.05) is 52.2 Å². The van der Waals surface area contributed by atoms with Gasteiger partial charge < -0.3 is 5.11 Å². The molecule has 0 saturated heterocycles. The van der Waals surface area contributed by atoms with Crippen LogP contribution >= 0.6 is 0 Å². The van der Waals surface area contributed by atoms with E-state index in [2.05, 4.69) is 33.8 Å². The molecule has 1 N–H and O–H groups in total. The summed E-state index contributed by atoms with van der Waals surface area (Å²) in [5.41, 5.74) is 2.38. The summed E-state index contributed by atoms with van der Waals surface area (Å²) in [6.07, 6.45) is 16.8. The molecule has 0 aromatic heterocycles. The van der Waals surface area contributed by atoms with Gasteiger partial charge in [0.25, 0.3) is 10.1 Å². The van der Waals surface area contributed by atoms with Gasteiger partial charge in [-0.15, -0.1) is 0 Å². The summed E-state index contributed by atoms with van der Waals surface area (Å²) in [4.78, 5) is 0. The summed E-state index contributed by atoms with van der Waals surface area (Å²) in [5.74, 6) is 4.33. The van der Waals surface area contributed by atoms with Crippen LogP contribution in [0.25, 0.3) is 0 Å². The van der Waals surface area contributed by atoms with Gasteiger partial charge in [0.15, 0.2) is 0 Å². The van der Waals surface area contributed by atoms with Crippen LogP contribution in [-0.4, -0.2) is 32.5 Å². The van der Waals surface area contributed by atoms with Gasteiger partial charge in [-0.25, -0.2) is 0 Å². The zero-order chi connectivity index (χ0) is 24.0. The highest BCUT2D eigenvalue weighted by atomic mass is 32.2. The highest BCUT2D eigenvalue weighted by molar-refractivity contribution is 7.85. The number of aliphatic hydroxyl groups is 1. The van der Waals surface area contributed by atoms with E-state index < -0.39 is 10.1 Å². The highest BCUT2D eigenvalue weighted by Gasteiger charge is 2.59. The zero-order valence-corrected chi connectivity index (χ0v) is 22.5. The lowest BCUT2D eigenvalue weighted by Gasteiger charge is -2.58. The summed E-state index contributed by atoms with van der Waals surface area (Å²) >= 11 is 0. The molecule has 0 aromatic rings. The van der Waals surface area contributed by atoms with Crippen LogP contribution in [0, 0.1) is 46.3 Å². The Morgan fingerprint density at radius 3 is 2.58 bits per heavy atom. The fourth-order valence-electron chi connectivity index (χ4n) is 8.93. The molecule has 4 rings (SSSR count). The lowest BCUT2D eigenvalue weighted by molar-refractivity contribution is -0.0573. The predicted octanol–water partition coefficient (Wildman–Crippen LogP) is 6.35. The summed E-state index contributed by atoms with van der Waals surface area (Å²) < 4.78 is 27.5. The summed E-state index contributed by atoms with van der Waals surface area (Å²) in [6.45, 7) is 10.0. The van der Waals surface area contributed by atoms with Gasteiger partial charge in [0.05, 0.1) is 19.0 Å². The van der Waals surface area contributed by atoms with Crippen molar-refractivity contribution in [3.63, 3.8) is 0 Å². The minimum atomic E-state index is -3.34. The monoisotopic (exact) mass is 480 g/mol. The van der Waals surface area contributed by atoms with Gasteiger partial charge in [-0.05, 0) is 104 Å². The fraction of sp³-hybridized carbons (Fsp3) is 0.929. The van der Waals surface area contributed by atoms with Crippen LogP contribution in [0.2, 0.25) is 0 Å². The molecule has 4 aliphatic rings. The first kappa shape index (κ1) is 25.7. The van der Waals surface area contributed by atoms with Gasteiger partial charge in [0.2, 0.25) is 0 Å². The van der Waals surface area contributed by atoms with E-state index in [1.807, 2.05) is 0 Å². The Hall–Kier alpha value is -0.390. The second-order valence-corrected chi connectivity index (χ2v) is 14.5. The fourth-order valence-corrected chi connectivity index (χ4v) is 9.41. The smallest absolute Gasteiger partial charge is 0.264 e. The van der Waals surface area contributed by atoms with Crippen LogP contribution in [0.4, 0.5) is 0 Å². The van der Waals surface area contributed by atoms with E-state index in [9.17, 15) is 13.5 Å². The number of aliphatic hydroxyl groups excluding tert-OH is 1. The van der Waals surface area contributed by atoms with E-state index in [0.717, 1.165) is 61.5 Å². The minimum absolute atomic E-state index is 0.118. The molecule has 4 aliphatic carbocycles. The quantitative estimate of drug-likeness (QED) is 0.325. The van der Waals surface area contributed by atoms with Crippen molar-refractivity contribution in [2.24, 2.45) is 46.3 Å². The van der Waals surface area contributed by atoms with Gasteiger partial charge in [-0.3, -0.25) is 4.18 Å². The molecule has 5 heteroatoms. The van der Waals surface area contributed by atoms with E-state index in [-0.39, 0.29) is 12.0 Å². The predicted molar refractivity (Wildman–Crippen MR) is 134 cm³/mol. The Balaban J connectivity index is 1.36. The first-order valence-corrected chi connectivity index (χ1v) is 15.5. The molecule has 190 valence electrons. The molecule has 0 bridgehead atoms. The van der Waals surface area contributed by atoms with E-state index >= 15 is 0 Å². The Bertz CT molecular complexity index is 835. The average molecular weight is 481 g/mol. The minimum Gasteiger partial charge on any atom is -0.393 e. The van der Waals surface area contributed by atoms with Crippen molar-refractivity contribution in [3.8, 4) is 0 Å².